The van der Waals surface area contributed by atoms with Gasteiger partial charge in [0.05, 0.1) is 29.1 Å². The fourth-order valence-electron chi connectivity index (χ4n) is 12.4. The number of hydrogen-bond acceptors (Lipinski definition) is 13. The number of anilines is 6. The molecule has 0 bridgehead atoms. The first-order chi connectivity index (χ1) is 34.8. The third-order valence-electron chi connectivity index (χ3n) is 15.7. The van der Waals surface area contributed by atoms with Gasteiger partial charge in [-0.25, -0.2) is 0 Å². The second-order valence-electron chi connectivity index (χ2n) is 22.5. The third-order valence-corrected chi connectivity index (χ3v) is 16.9. The predicted octanol–water partition coefficient (Wildman–Crippen LogP) is 13.7. The minimum absolute atomic E-state index is 0.0180. The SMILES string of the molecule is CC1(C)CC(=O)C2=C(C1)Nc1c(O)cccc1NC2c1ccc(CC2(C)CC(=O)C3=C(C2)Nc2c(O)cccc2NC3CCCCC2(C)CC(=O)C3=C(C2)Nc2c(O)cccc2NC3c2ccc(Br)cc2Br)o1. The molecule has 4 aromatic carbocycles. The summed E-state index contributed by atoms with van der Waals surface area (Å²) in [5, 5.41) is 54.3. The van der Waals surface area contributed by atoms with Gasteiger partial charge >= 0.3 is 0 Å². The molecule has 5 atom stereocenters. The topological polar surface area (TPSA) is 197 Å². The van der Waals surface area contributed by atoms with Crippen molar-refractivity contribution in [1.29, 1.82) is 0 Å². The first-order valence-corrected chi connectivity index (χ1v) is 26.8. The highest BCUT2D eigenvalue weighted by Crippen LogP contribution is 2.53. The Morgan fingerprint density at radius 3 is 1.75 bits per heavy atom. The van der Waals surface area contributed by atoms with E-state index >= 15 is 0 Å². The molecule has 4 heterocycles. The van der Waals surface area contributed by atoms with Crippen LogP contribution in [0.1, 0.15) is 121 Å². The Labute approximate surface area is 441 Å². The van der Waals surface area contributed by atoms with Gasteiger partial charge in [-0.1, -0.05) is 96.7 Å². The highest BCUT2D eigenvalue weighted by Gasteiger charge is 2.45. The van der Waals surface area contributed by atoms with E-state index < -0.39 is 17.5 Å². The lowest BCUT2D eigenvalue weighted by molar-refractivity contribution is -0.119. The summed E-state index contributed by atoms with van der Waals surface area (Å²) in [7, 11) is 0. The van der Waals surface area contributed by atoms with Crippen LogP contribution in [0.5, 0.6) is 17.2 Å². The van der Waals surface area contributed by atoms with Crippen LogP contribution in [0, 0.1) is 16.2 Å². The maximum Gasteiger partial charge on any atom is 0.163 e. The number of nitrogens with one attached hydrogen (secondary N) is 6. The van der Waals surface area contributed by atoms with Gasteiger partial charge in [0.25, 0.3) is 0 Å². The van der Waals surface area contributed by atoms with Gasteiger partial charge in [0.1, 0.15) is 51.9 Å². The van der Waals surface area contributed by atoms with Crippen LogP contribution in [0.3, 0.4) is 0 Å². The molecule has 11 rings (SSSR count). The summed E-state index contributed by atoms with van der Waals surface area (Å²) in [6.07, 6.45) is 6.23. The lowest BCUT2D eigenvalue weighted by Crippen LogP contribution is -2.37. The van der Waals surface area contributed by atoms with Crippen molar-refractivity contribution in [2.45, 2.75) is 116 Å². The lowest BCUT2D eigenvalue weighted by atomic mass is 9.69. The molecule has 15 heteroatoms. The number of fused-ring (bicyclic) bond motifs is 3. The Kier molecular flexibility index (Phi) is 12.4. The Morgan fingerprint density at radius 2 is 1.11 bits per heavy atom. The van der Waals surface area contributed by atoms with Crippen molar-refractivity contribution in [1.82, 2.24) is 0 Å². The quantitative estimate of drug-likeness (QED) is 0.0500. The Hall–Kier alpha value is -6.45. The lowest BCUT2D eigenvalue weighted by Gasteiger charge is -2.37. The zero-order valence-electron chi connectivity index (χ0n) is 41.3. The summed E-state index contributed by atoms with van der Waals surface area (Å²) in [6, 6.07) is 24.4. The maximum atomic E-state index is 14.7. The van der Waals surface area contributed by atoms with Crippen molar-refractivity contribution in [3.8, 4) is 17.2 Å². The van der Waals surface area contributed by atoms with Gasteiger partial charge in [0.15, 0.2) is 17.3 Å². The van der Waals surface area contributed by atoms with Crippen LogP contribution in [-0.2, 0) is 20.8 Å². The molecule has 0 radical (unpaired) electrons. The monoisotopic (exact) mass is 1110 g/mol. The van der Waals surface area contributed by atoms with Crippen molar-refractivity contribution in [2.24, 2.45) is 16.2 Å². The number of furan rings is 1. The molecule has 1 aromatic heterocycles. The van der Waals surface area contributed by atoms with Crippen LogP contribution in [0.2, 0.25) is 0 Å². The van der Waals surface area contributed by atoms with E-state index in [1.54, 1.807) is 36.4 Å². The Morgan fingerprint density at radius 1 is 0.575 bits per heavy atom. The van der Waals surface area contributed by atoms with Crippen molar-refractivity contribution < 1.29 is 34.1 Å². The fraction of sp³-hybridized carbons (Fsp3) is 0.362. The van der Waals surface area contributed by atoms with E-state index in [1.807, 2.05) is 48.5 Å². The first kappa shape index (κ1) is 48.8. The number of hydrogen-bond donors (Lipinski definition) is 9. The minimum Gasteiger partial charge on any atom is -0.506 e. The number of para-hydroxylation sites is 3. The van der Waals surface area contributed by atoms with Gasteiger partial charge in [0.2, 0.25) is 0 Å². The van der Waals surface area contributed by atoms with Crippen molar-refractivity contribution >= 4 is 83.3 Å². The first-order valence-electron chi connectivity index (χ1n) is 25.2. The number of carbonyl (C=O) groups excluding carboxylic acids is 3. The van der Waals surface area contributed by atoms with Crippen molar-refractivity contribution in [2.75, 3.05) is 31.9 Å². The van der Waals surface area contributed by atoms with Crippen LogP contribution in [-0.4, -0.2) is 38.7 Å². The predicted molar refractivity (Wildman–Crippen MR) is 292 cm³/mol. The van der Waals surface area contributed by atoms with Crippen LogP contribution < -0.4 is 31.9 Å². The molecular formula is C58H60Br2N6O7. The summed E-state index contributed by atoms with van der Waals surface area (Å²) in [5.74, 6) is 1.63. The fourth-order valence-corrected chi connectivity index (χ4v) is 13.7. The second-order valence-corrected chi connectivity index (χ2v) is 24.3. The normalized spacial score (nSPS) is 25.1. The molecule has 5 aromatic rings. The van der Waals surface area contributed by atoms with E-state index in [0.717, 1.165) is 50.9 Å². The standard InChI is InChI=1S/C58H60Br2N6O7/c1-56(2)24-38-50(44(70)27-56)55(63-37-13-9-16-43(69)54(37)64-38)47-20-18-31(73-47)23-58(4)26-39-48(45(71)29-58)34(61-35-11-7-14-41(67)52(35)65-39)10-5-6-21-57(3)25-40-49(46(72)28-57)51(32-19-17-30(59)22-33(32)60)62-36-12-8-15-42(68)53(36)66-40/h7-9,11-20,22,34,51,55,61-69H,5-6,10,21,23-29H2,1-4H3. The molecule has 5 unspecified atom stereocenters. The van der Waals surface area contributed by atoms with Crippen LogP contribution >= 0.6 is 31.9 Å². The summed E-state index contributed by atoms with van der Waals surface area (Å²) in [5.41, 5.74) is 7.71. The van der Waals surface area contributed by atoms with Crippen molar-refractivity contribution in [3.05, 3.63) is 145 Å². The van der Waals surface area contributed by atoms with Crippen LogP contribution in [0.25, 0.3) is 0 Å². The molecule has 3 aliphatic heterocycles. The van der Waals surface area contributed by atoms with E-state index in [2.05, 4.69) is 91.5 Å². The average molecular weight is 1110 g/mol. The molecule has 3 aliphatic carbocycles. The van der Waals surface area contributed by atoms with Gasteiger partial charge in [-0.05, 0) is 115 Å². The molecule has 13 nitrogen and oxygen atoms in total. The molecule has 0 amide bonds. The zero-order chi connectivity index (χ0) is 51.1. The zero-order valence-corrected chi connectivity index (χ0v) is 44.5. The van der Waals surface area contributed by atoms with Crippen molar-refractivity contribution in [3.63, 3.8) is 0 Å². The number of unbranched alkanes of at least 4 members (excludes halogenated alkanes) is 1. The number of allylic oxidation sites excluding steroid dienone is 3. The van der Waals surface area contributed by atoms with Crippen LogP contribution in [0.15, 0.2) is 132 Å². The molecular weight excluding hydrogens is 1050 g/mol. The third kappa shape index (κ3) is 9.32. The molecule has 0 saturated heterocycles. The number of rotatable bonds is 9. The maximum absolute atomic E-state index is 14.7. The number of carbonyl (C=O) groups is 3. The van der Waals surface area contributed by atoms with Gasteiger partial charge in [-0.2, -0.15) is 0 Å². The number of ketones is 3. The summed E-state index contributed by atoms with van der Waals surface area (Å²) < 4.78 is 8.44. The number of phenols is 3. The number of phenolic OH excluding ortho intramolecular Hbond substituents is 3. The van der Waals surface area contributed by atoms with E-state index in [0.29, 0.717) is 107 Å². The van der Waals surface area contributed by atoms with Gasteiger partial charge in [-0.15, -0.1) is 0 Å². The molecule has 9 N–H and O–H groups in total. The Bertz CT molecular complexity index is 3250. The average Bonchev–Trinajstić information content (AvgIpc) is 3.49. The van der Waals surface area contributed by atoms with Gasteiger partial charge in [0, 0.05) is 68.4 Å². The molecule has 0 saturated carbocycles. The second kappa shape index (κ2) is 18.5. The molecule has 6 aliphatic rings. The smallest absolute Gasteiger partial charge is 0.163 e. The molecule has 0 fully saturated rings. The number of Topliss-reactive ketones (excluding diaryl/α,β-unsaturated/α-hetero) is 3. The largest absolute Gasteiger partial charge is 0.506 e. The molecule has 73 heavy (non-hydrogen) atoms. The molecule has 0 spiro atoms. The van der Waals surface area contributed by atoms with Gasteiger partial charge < -0.3 is 51.6 Å². The summed E-state index contributed by atoms with van der Waals surface area (Å²) in [6.45, 7) is 8.42. The highest BCUT2D eigenvalue weighted by molar-refractivity contribution is 9.11. The van der Waals surface area contributed by atoms with Gasteiger partial charge in [-0.3, -0.25) is 14.4 Å². The van der Waals surface area contributed by atoms with E-state index in [1.165, 1.54) is 0 Å². The number of benzene rings is 4. The minimum atomic E-state index is -0.598. The van der Waals surface area contributed by atoms with E-state index in [9.17, 15) is 29.7 Å². The van der Waals surface area contributed by atoms with E-state index in [-0.39, 0.29) is 57.9 Å². The van der Waals surface area contributed by atoms with Crippen LogP contribution in [0.4, 0.5) is 34.1 Å². The number of aromatic hydroxyl groups is 3. The van der Waals surface area contributed by atoms with E-state index in [4.69, 9.17) is 4.42 Å². The molecule has 378 valence electrons. The Balaban J connectivity index is 0.823. The highest BCUT2D eigenvalue weighted by atomic mass is 79.9. The number of halogens is 2. The summed E-state index contributed by atoms with van der Waals surface area (Å²) in [4.78, 5) is 43.2. The summed E-state index contributed by atoms with van der Waals surface area (Å²) >= 11 is 7.32.